The number of amides is 1. The van der Waals surface area contributed by atoms with Crippen molar-refractivity contribution in [1.82, 2.24) is 15.3 Å². The lowest BCUT2D eigenvalue weighted by Crippen LogP contribution is -2.50. The molecular formula is C18H20N4O3. The van der Waals surface area contributed by atoms with Gasteiger partial charge in [0, 0.05) is 37.1 Å². The topological polar surface area (TPSA) is 87.3 Å². The highest BCUT2D eigenvalue weighted by Crippen LogP contribution is 2.33. The van der Waals surface area contributed by atoms with Crippen LogP contribution in [0.15, 0.2) is 41.5 Å². The number of piperidine rings is 1. The van der Waals surface area contributed by atoms with Crippen molar-refractivity contribution in [2.75, 3.05) is 24.6 Å². The van der Waals surface area contributed by atoms with Crippen molar-refractivity contribution in [1.29, 1.82) is 0 Å². The van der Waals surface area contributed by atoms with E-state index in [-0.39, 0.29) is 23.4 Å². The minimum atomic E-state index is -0.273. The van der Waals surface area contributed by atoms with E-state index in [1.54, 1.807) is 6.20 Å². The number of rotatable bonds is 3. The van der Waals surface area contributed by atoms with Crippen molar-refractivity contribution in [3.05, 3.63) is 52.6 Å². The number of aromatic amines is 1. The quantitative estimate of drug-likeness (QED) is 0.871. The van der Waals surface area contributed by atoms with Crippen LogP contribution < -0.4 is 20.5 Å². The maximum absolute atomic E-state index is 12.7. The number of para-hydroxylation sites is 1. The molecule has 25 heavy (non-hydrogen) atoms. The summed E-state index contributed by atoms with van der Waals surface area (Å²) in [6.07, 6.45) is 4.89. The number of anilines is 1. The van der Waals surface area contributed by atoms with Crippen molar-refractivity contribution in [2.24, 2.45) is 0 Å². The summed E-state index contributed by atoms with van der Waals surface area (Å²) in [6, 6.07) is 7.65. The number of nitrogens with one attached hydrogen (secondary N) is 2. The van der Waals surface area contributed by atoms with Gasteiger partial charge in [0.25, 0.3) is 5.56 Å². The summed E-state index contributed by atoms with van der Waals surface area (Å²) >= 11 is 0. The van der Waals surface area contributed by atoms with Crippen molar-refractivity contribution in [2.45, 2.75) is 24.8 Å². The van der Waals surface area contributed by atoms with Crippen molar-refractivity contribution >= 4 is 11.7 Å². The highest BCUT2D eigenvalue weighted by molar-refractivity contribution is 5.85. The van der Waals surface area contributed by atoms with E-state index in [2.05, 4.69) is 15.3 Å². The number of benzene rings is 1. The molecular weight excluding hydrogens is 320 g/mol. The second-order valence-corrected chi connectivity index (χ2v) is 6.44. The van der Waals surface area contributed by atoms with Gasteiger partial charge in [-0.3, -0.25) is 9.59 Å². The first kappa shape index (κ1) is 15.7. The normalized spacial score (nSPS) is 22.2. The maximum atomic E-state index is 12.7. The van der Waals surface area contributed by atoms with Crippen LogP contribution in [0.5, 0.6) is 5.75 Å². The Bertz CT molecular complexity index is 835. The van der Waals surface area contributed by atoms with Crippen LogP contribution in [0.25, 0.3) is 0 Å². The molecule has 7 heteroatoms. The van der Waals surface area contributed by atoms with Crippen LogP contribution in [0.2, 0.25) is 0 Å². The molecule has 1 aromatic carbocycles. The van der Waals surface area contributed by atoms with Gasteiger partial charge in [-0.15, -0.1) is 0 Å². The van der Waals surface area contributed by atoms with Crippen LogP contribution in [-0.4, -0.2) is 41.6 Å². The second kappa shape index (κ2) is 6.58. The highest BCUT2D eigenvalue weighted by Gasteiger charge is 2.32. The molecule has 3 heterocycles. The van der Waals surface area contributed by atoms with Crippen LogP contribution in [0.1, 0.15) is 24.3 Å². The second-order valence-electron chi connectivity index (χ2n) is 6.44. The van der Waals surface area contributed by atoms with Gasteiger partial charge in [-0.25, -0.2) is 4.98 Å². The number of aromatic nitrogens is 2. The molecule has 1 saturated heterocycles. The number of carbonyl (C=O) groups excluding carboxylic acids is 1. The Hall–Kier alpha value is -2.83. The SMILES string of the molecule is O=C(N[C@@H]1CCCN(c2ncc[nH]c2=O)C1)[C@H]1COc2ccccc21. The zero-order valence-corrected chi connectivity index (χ0v) is 13.8. The van der Waals surface area contributed by atoms with E-state index < -0.39 is 0 Å². The Morgan fingerprint density at radius 2 is 2.24 bits per heavy atom. The van der Waals surface area contributed by atoms with Gasteiger partial charge in [0.05, 0.1) is 0 Å². The fraction of sp³-hybridized carbons (Fsp3) is 0.389. The molecule has 2 atom stereocenters. The summed E-state index contributed by atoms with van der Waals surface area (Å²) in [5.41, 5.74) is 0.737. The van der Waals surface area contributed by atoms with Gasteiger partial charge < -0.3 is 19.9 Å². The third kappa shape index (κ3) is 3.09. The number of carbonyl (C=O) groups is 1. The molecule has 2 N–H and O–H groups in total. The lowest BCUT2D eigenvalue weighted by molar-refractivity contribution is -0.123. The van der Waals surface area contributed by atoms with Crippen LogP contribution in [0.4, 0.5) is 5.82 Å². The predicted octanol–water partition coefficient (Wildman–Crippen LogP) is 1.03. The smallest absolute Gasteiger partial charge is 0.290 e. The van der Waals surface area contributed by atoms with E-state index in [0.29, 0.717) is 19.0 Å². The summed E-state index contributed by atoms with van der Waals surface area (Å²) in [5, 5.41) is 3.12. The lowest BCUT2D eigenvalue weighted by atomic mass is 9.99. The highest BCUT2D eigenvalue weighted by atomic mass is 16.5. The molecule has 4 rings (SSSR count). The van der Waals surface area contributed by atoms with E-state index in [0.717, 1.165) is 30.7 Å². The third-order valence-electron chi connectivity index (χ3n) is 4.77. The van der Waals surface area contributed by atoms with E-state index in [4.69, 9.17) is 4.74 Å². The number of hydrogen-bond donors (Lipinski definition) is 2. The number of fused-ring (bicyclic) bond motifs is 1. The fourth-order valence-electron chi connectivity index (χ4n) is 3.54. The molecule has 130 valence electrons. The summed E-state index contributed by atoms with van der Waals surface area (Å²) < 4.78 is 5.60. The Morgan fingerprint density at radius 3 is 3.12 bits per heavy atom. The van der Waals surface area contributed by atoms with Gasteiger partial charge in [-0.05, 0) is 18.9 Å². The van der Waals surface area contributed by atoms with E-state index in [1.807, 2.05) is 29.2 Å². The molecule has 0 bridgehead atoms. The van der Waals surface area contributed by atoms with Crippen LogP contribution >= 0.6 is 0 Å². The van der Waals surface area contributed by atoms with Crippen molar-refractivity contribution in [3.8, 4) is 5.75 Å². The maximum Gasteiger partial charge on any atom is 0.290 e. The van der Waals surface area contributed by atoms with Crippen molar-refractivity contribution in [3.63, 3.8) is 0 Å². The number of H-pyrrole nitrogens is 1. The minimum absolute atomic E-state index is 0.00424. The Morgan fingerprint density at radius 1 is 1.36 bits per heavy atom. The monoisotopic (exact) mass is 340 g/mol. The molecule has 1 fully saturated rings. The van der Waals surface area contributed by atoms with E-state index in [1.165, 1.54) is 6.20 Å². The first-order valence-corrected chi connectivity index (χ1v) is 8.53. The lowest BCUT2D eigenvalue weighted by Gasteiger charge is -2.33. The minimum Gasteiger partial charge on any atom is -0.492 e. The molecule has 0 saturated carbocycles. The standard InChI is InChI=1S/C18H20N4O3/c23-17(14-11-25-15-6-2-1-5-13(14)15)21-12-4-3-9-22(10-12)16-18(24)20-8-7-19-16/h1-2,5-8,12,14H,3-4,9-11H2,(H,20,24)(H,21,23)/t12-,14+/m1/s1. The van der Waals surface area contributed by atoms with Gasteiger partial charge in [0.1, 0.15) is 18.3 Å². The zero-order chi connectivity index (χ0) is 17.2. The molecule has 0 unspecified atom stereocenters. The predicted molar refractivity (Wildman–Crippen MR) is 92.9 cm³/mol. The largest absolute Gasteiger partial charge is 0.492 e. The van der Waals surface area contributed by atoms with E-state index >= 15 is 0 Å². The van der Waals surface area contributed by atoms with E-state index in [9.17, 15) is 9.59 Å². The number of ether oxygens (including phenoxy) is 1. The molecule has 2 aliphatic rings. The third-order valence-corrected chi connectivity index (χ3v) is 4.77. The average molecular weight is 340 g/mol. The molecule has 2 aliphatic heterocycles. The van der Waals surface area contributed by atoms with Gasteiger partial charge in [-0.1, -0.05) is 18.2 Å². The molecule has 0 spiro atoms. The van der Waals surface area contributed by atoms with Crippen LogP contribution in [0, 0.1) is 0 Å². The molecule has 1 amide bonds. The molecule has 1 aromatic heterocycles. The Kier molecular flexibility index (Phi) is 4.13. The average Bonchev–Trinajstić information content (AvgIpc) is 3.06. The molecule has 2 aromatic rings. The van der Waals surface area contributed by atoms with Gasteiger partial charge in [0.15, 0.2) is 5.82 Å². The van der Waals surface area contributed by atoms with Crippen LogP contribution in [0.3, 0.4) is 0 Å². The summed E-state index contributed by atoms with van der Waals surface area (Å²) in [5.74, 6) is 0.903. The number of nitrogens with zero attached hydrogens (tertiary/aromatic N) is 2. The van der Waals surface area contributed by atoms with Crippen LogP contribution in [-0.2, 0) is 4.79 Å². The number of hydrogen-bond acceptors (Lipinski definition) is 5. The fourth-order valence-corrected chi connectivity index (χ4v) is 3.54. The zero-order valence-electron chi connectivity index (χ0n) is 13.8. The Labute approximate surface area is 145 Å². The van der Waals surface area contributed by atoms with Gasteiger partial charge in [0.2, 0.25) is 5.91 Å². The summed E-state index contributed by atoms with van der Waals surface area (Å²) in [4.78, 5) is 33.4. The Balaban J connectivity index is 1.44. The first-order valence-electron chi connectivity index (χ1n) is 8.53. The summed E-state index contributed by atoms with van der Waals surface area (Å²) in [7, 11) is 0. The van der Waals surface area contributed by atoms with Crippen molar-refractivity contribution < 1.29 is 9.53 Å². The molecule has 0 radical (unpaired) electrons. The van der Waals surface area contributed by atoms with Gasteiger partial charge >= 0.3 is 0 Å². The first-order chi connectivity index (χ1) is 12.2. The van der Waals surface area contributed by atoms with Gasteiger partial charge in [-0.2, -0.15) is 0 Å². The summed E-state index contributed by atoms with van der Waals surface area (Å²) in [6.45, 7) is 1.73. The molecule has 0 aliphatic carbocycles. The molecule has 7 nitrogen and oxygen atoms in total.